The number of carboxylic acids is 1. The number of ether oxygens (including phenoxy) is 1. The molecule has 122 valence electrons. The molecule has 6 nitrogen and oxygen atoms in total. The minimum atomic E-state index is -0.914. The van der Waals surface area contributed by atoms with E-state index in [0.717, 1.165) is 25.7 Å². The molecule has 2 N–H and O–H groups in total. The fraction of sp³-hybridized carbons (Fsp3) is 0.867. The van der Waals surface area contributed by atoms with Crippen molar-refractivity contribution in [2.75, 3.05) is 19.7 Å². The highest BCUT2D eigenvalue weighted by Crippen LogP contribution is 2.23. The molecule has 1 saturated heterocycles. The molecular weight excluding hydrogens is 272 g/mol. The zero-order chi connectivity index (χ0) is 15.8. The Labute approximate surface area is 126 Å². The number of nitrogens with zero attached hydrogens (tertiary/aromatic N) is 1. The Morgan fingerprint density at radius 2 is 2.10 bits per heavy atom. The van der Waals surface area contributed by atoms with Crippen LogP contribution < -0.4 is 5.32 Å². The van der Waals surface area contributed by atoms with Gasteiger partial charge in [0.15, 0.2) is 0 Å². The maximum absolute atomic E-state index is 12.1. The summed E-state index contributed by atoms with van der Waals surface area (Å²) in [4.78, 5) is 24.9. The normalized spacial score (nSPS) is 22.4. The highest BCUT2D eigenvalue weighted by Gasteiger charge is 2.36. The summed E-state index contributed by atoms with van der Waals surface area (Å²) in [6.07, 6.45) is 3.66. The molecule has 1 heterocycles. The van der Waals surface area contributed by atoms with E-state index in [-0.39, 0.29) is 18.1 Å². The Kier molecular flexibility index (Phi) is 7.50. The fourth-order valence-electron chi connectivity index (χ4n) is 2.64. The largest absolute Gasteiger partial charge is 0.480 e. The number of likely N-dealkylation sites (tertiary alicyclic amines) is 1. The molecule has 1 aliphatic rings. The molecule has 0 aromatic heterocycles. The number of nitrogens with one attached hydrogen (secondary N) is 1. The van der Waals surface area contributed by atoms with E-state index in [9.17, 15) is 14.7 Å². The Morgan fingerprint density at radius 1 is 1.38 bits per heavy atom. The monoisotopic (exact) mass is 300 g/mol. The van der Waals surface area contributed by atoms with Gasteiger partial charge in [0.25, 0.3) is 0 Å². The molecule has 0 spiro atoms. The van der Waals surface area contributed by atoms with Gasteiger partial charge in [-0.1, -0.05) is 6.92 Å². The molecule has 0 radical (unpaired) electrons. The van der Waals surface area contributed by atoms with Crippen molar-refractivity contribution in [3.63, 3.8) is 0 Å². The van der Waals surface area contributed by atoms with E-state index < -0.39 is 12.0 Å². The molecule has 0 aromatic rings. The van der Waals surface area contributed by atoms with Gasteiger partial charge in [-0.05, 0) is 45.4 Å². The lowest BCUT2D eigenvalue weighted by Crippen LogP contribution is -2.55. The second-order valence-corrected chi connectivity index (χ2v) is 5.95. The highest BCUT2D eigenvalue weighted by molar-refractivity contribution is 5.83. The summed E-state index contributed by atoms with van der Waals surface area (Å²) in [5, 5.41) is 12.1. The first kappa shape index (κ1) is 17.8. The average molecular weight is 300 g/mol. The van der Waals surface area contributed by atoms with Crippen LogP contribution in [0.25, 0.3) is 0 Å². The van der Waals surface area contributed by atoms with Gasteiger partial charge in [-0.25, -0.2) is 9.59 Å². The molecule has 21 heavy (non-hydrogen) atoms. The van der Waals surface area contributed by atoms with E-state index in [4.69, 9.17) is 4.74 Å². The first-order valence-electron chi connectivity index (χ1n) is 7.82. The third kappa shape index (κ3) is 5.91. The molecule has 2 amide bonds. The molecule has 6 heteroatoms. The molecule has 2 unspecified atom stereocenters. The first-order valence-corrected chi connectivity index (χ1v) is 7.82. The van der Waals surface area contributed by atoms with Crippen LogP contribution in [0.5, 0.6) is 0 Å². The number of carbonyl (C=O) groups is 2. The number of rotatable bonds is 7. The van der Waals surface area contributed by atoms with Crippen LogP contribution in [0, 0.1) is 5.92 Å². The van der Waals surface area contributed by atoms with Crippen molar-refractivity contribution in [3.05, 3.63) is 0 Å². The van der Waals surface area contributed by atoms with E-state index >= 15 is 0 Å². The number of aliphatic carboxylic acids is 1. The summed E-state index contributed by atoms with van der Waals surface area (Å²) in [6, 6.07) is -0.971. The fourth-order valence-corrected chi connectivity index (χ4v) is 2.64. The molecular formula is C15H28N2O4. The second kappa shape index (κ2) is 8.87. The van der Waals surface area contributed by atoms with Crippen LogP contribution in [-0.2, 0) is 9.53 Å². The Morgan fingerprint density at radius 3 is 2.71 bits per heavy atom. The van der Waals surface area contributed by atoms with Gasteiger partial charge >= 0.3 is 12.0 Å². The number of unbranched alkanes of at least 4 members (excludes halogenated alkanes) is 1. The minimum absolute atomic E-state index is 0.00134. The standard InChI is InChI=1S/C15H28N2O4/c1-11(2)21-10-5-4-8-16-15(20)17-9-6-7-12(3)13(17)14(18)19/h11-13H,4-10H2,1-3H3,(H,16,20)(H,18,19). The summed E-state index contributed by atoms with van der Waals surface area (Å²) in [5.74, 6) is -0.913. The van der Waals surface area contributed by atoms with Crippen molar-refractivity contribution in [3.8, 4) is 0 Å². The molecule has 1 fully saturated rings. The first-order chi connectivity index (χ1) is 9.93. The van der Waals surface area contributed by atoms with Gasteiger partial charge in [0.2, 0.25) is 0 Å². The Balaban J connectivity index is 2.31. The van der Waals surface area contributed by atoms with Crippen LogP contribution in [0.3, 0.4) is 0 Å². The molecule has 0 aliphatic carbocycles. The van der Waals surface area contributed by atoms with Crippen LogP contribution in [0.15, 0.2) is 0 Å². The zero-order valence-corrected chi connectivity index (χ0v) is 13.3. The molecule has 2 atom stereocenters. The lowest BCUT2D eigenvalue weighted by Gasteiger charge is -2.37. The van der Waals surface area contributed by atoms with Crippen molar-refractivity contribution in [1.82, 2.24) is 10.2 Å². The van der Waals surface area contributed by atoms with Gasteiger partial charge in [0.1, 0.15) is 6.04 Å². The topological polar surface area (TPSA) is 78.9 Å². The second-order valence-electron chi connectivity index (χ2n) is 5.95. The number of piperidine rings is 1. The van der Waals surface area contributed by atoms with E-state index in [1.165, 1.54) is 4.90 Å². The third-order valence-electron chi connectivity index (χ3n) is 3.75. The van der Waals surface area contributed by atoms with Gasteiger partial charge in [-0.15, -0.1) is 0 Å². The predicted molar refractivity (Wildman–Crippen MR) is 80.2 cm³/mol. The van der Waals surface area contributed by atoms with Crippen molar-refractivity contribution < 1.29 is 19.4 Å². The maximum Gasteiger partial charge on any atom is 0.326 e. The summed E-state index contributed by atoms with van der Waals surface area (Å²) in [5.41, 5.74) is 0. The number of urea groups is 1. The Bertz CT molecular complexity index is 347. The number of hydrogen-bond acceptors (Lipinski definition) is 3. The lowest BCUT2D eigenvalue weighted by atomic mass is 9.91. The van der Waals surface area contributed by atoms with E-state index in [1.54, 1.807) is 0 Å². The van der Waals surface area contributed by atoms with Crippen LogP contribution in [0.2, 0.25) is 0 Å². The van der Waals surface area contributed by atoms with Gasteiger partial charge in [0, 0.05) is 19.7 Å². The quantitative estimate of drug-likeness (QED) is 0.706. The van der Waals surface area contributed by atoms with Crippen molar-refractivity contribution in [1.29, 1.82) is 0 Å². The minimum Gasteiger partial charge on any atom is -0.480 e. The average Bonchev–Trinajstić information content (AvgIpc) is 2.41. The number of carboxylic acid groups (broad SMARTS) is 1. The van der Waals surface area contributed by atoms with Crippen LogP contribution in [-0.4, -0.2) is 53.8 Å². The number of hydrogen-bond donors (Lipinski definition) is 2. The summed E-state index contributed by atoms with van der Waals surface area (Å²) in [6.45, 7) is 7.63. The van der Waals surface area contributed by atoms with E-state index in [0.29, 0.717) is 19.7 Å². The predicted octanol–water partition coefficient (Wildman–Crippen LogP) is 2.09. The zero-order valence-electron chi connectivity index (χ0n) is 13.3. The van der Waals surface area contributed by atoms with Gasteiger partial charge in [-0.2, -0.15) is 0 Å². The molecule has 1 rings (SSSR count). The number of carbonyl (C=O) groups excluding carboxylic acids is 1. The van der Waals surface area contributed by atoms with Crippen molar-refractivity contribution in [2.24, 2.45) is 5.92 Å². The third-order valence-corrected chi connectivity index (χ3v) is 3.75. The smallest absolute Gasteiger partial charge is 0.326 e. The van der Waals surface area contributed by atoms with E-state index in [2.05, 4.69) is 5.32 Å². The van der Waals surface area contributed by atoms with Crippen LogP contribution in [0.1, 0.15) is 46.5 Å². The van der Waals surface area contributed by atoms with E-state index in [1.807, 2.05) is 20.8 Å². The summed E-state index contributed by atoms with van der Waals surface area (Å²) in [7, 11) is 0. The van der Waals surface area contributed by atoms with Gasteiger partial charge < -0.3 is 20.1 Å². The molecule has 0 bridgehead atoms. The number of amides is 2. The van der Waals surface area contributed by atoms with Gasteiger partial charge in [-0.3, -0.25) is 0 Å². The maximum atomic E-state index is 12.1. The van der Waals surface area contributed by atoms with Gasteiger partial charge in [0.05, 0.1) is 6.10 Å². The highest BCUT2D eigenvalue weighted by atomic mass is 16.5. The molecule has 1 aliphatic heterocycles. The summed E-state index contributed by atoms with van der Waals surface area (Å²) < 4.78 is 5.43. The molecule has 0 aromatic carbocycles. The van der Waals surface area contributed by atoms with Crippen LogP contribution in [0.4, 0.5) is 4.79 Å². The van der Waals surface area contributed by atoms with Crippen molar-refractivity contribution >= 4 is 12.0 Å². The molecule has 0 saturated carbocycles. The lowest BCUT2D eigenvalue weighted by molar-refractivity contribution is -0.145. The van der Waals surface area contributed by atoms with Crippen LogP contribution >= 0.6 is 0 Å². The van der Waals surface area contributed by atoms with Crippen molar-refractivity contribution in [2.45, 2.75) is 58.6 Å². The SMILES string of the molecule is CC(C)OCCCCNC(=O)N1CCCC(C)C1C(=O)O. The Hall–Kier alpha value is -1.30. The summed E-state index contributed by atoms with van der Waals surface area (Å²) >= 11 is 0.